The average Bonchev–Trinajstić information content (AvgIpc) is 3.05. The Morgan fingerprint density at radius 2 is 1.97 bits per heavy atom. The highest BCUT2D eigenvalue weighted by Crippen LogP contribution is 2.31. The molecule has 2 aromatic rings. The second-order valence-corrected chi connectivity index (χ2v) is 7.84. The first-order valence-electron chi connectivity index (χ1n) is 10.3. The topological polar surface area (TPSA) is 93.5 Å². The predicted molar refractivity (Wildman–Crippen MR) is 111 cm³/mol. The maximum Gasteiger partial charge on any atom is 0.262 e. The smallest absolute Gasteiger partial charge is 0.262 e. The van der Waals surface area contributed by atoms with Gasteiger partial charge >= 0.3 is 0 Å². The second-order valence-electron chi connectivity index (χ2n) is 7.84. The second kappa shape index (κ2) is 7.93. The first kappa shape index (κ1) is 20.1. The molecule has 0 radical (unpaired) electrons. The van der Waals surface area contributed by atoms with Crippen molar-refractivity contribution in [2.24, 2.45) is 5.92 Å². The number of hydrogen-bond acceptors (Lipinski definition) is 5. The number of carbonyl (C=O) groups is 3. The minimum Gasteiger partial charge on any atom is -0.482 e. The van der Waals surface area contributed by atoms with Crippen molar-refractivity contribution in [3.63, 3.8) is 0 Å². The molecule has 4 rings (SSSR count). The van der Waals surface area contributed by atoms with Crippen molar-refractivity contribution < 1.29 is 19.1 Å². The van der Waals surface area contributed by atoms with E-state index < -0.39 is 0 Å². The van der Waals surface area contributed by atoms with E-state index in [1.54, 1.807) is 18.2 Å². The summed E-state index contributed by atoms with van der Waals surface area (Å²) in [5.74, 6) is 0.230. The van der Waals surface area contributed by atoms with Crippen molar-refractivity contribution in [3.8, 4) is 5.75 Å². The number of amides is 2. The van der Waals surface area contributed by atoms with E-state index in [0.717, 1.165) is 17.9 Å². The average molecular weight is 410 g/mol. The molecule has 2 aliphatic heterocycles. The van der Waals surface area contributed by atoms with Crippen LogP contribution in [0.1, 0.15) is 51.9 Å². The van der Waals surface area contributed by atoms with Gasteiger partial charge in [0.05, 0.1) is 16.9 Å². The number of nitrogens with one attached hydrogen (secondary N) is 1. The van der Waals surface area contributed by atoms with Gasteiger partial charge in [0.1, 0.15) is 5.75 Å². The number of ether oxygens (including phenoxy) is 1. The lowest BCUT2D eigenvalue weighted by atomic mass is 9.88. The zero-order valence-electron chi connectivity index (χ0n) is 17.5. The molecule has 8 heteroatoms. The summed E-state index contributed by atoms with van der Waals surface area (Å²) in [5.41, 5.74) is 3.39. The van der Waals surface area contributed by atoms with E-state index in [2.05, 4.69) is 10.4 Å². The molecule has 0 spiro atoms. The molecule has 0 saturated carbocycles. The molecule has 1 N–H and O–H groups in total. The van der Waals surface area contributed by atoms with Gasteiger partial charge in [-0.25, -0.2) is 0 Å². The lowest BCUT2D eigenvalue weighted by Crippen LogP contribution is -2.40. The number of nitrogens with zero attached hydrogens (tertiary/aromatic N) is 3. The van der Waals surface area contributed by atoms with Crippen LogP contribution in [0.3, 0.4) is 0 Å². The highest BCUT2D eigenvalue weighted by Gasteiger charge is 2.31. The summed E-state index contributed by atoms with van der Waals surface area (Å²) in [7, 11) is 0. The monoisotopic (exact) mass is 410 g/mol. The van der Waals surface area contributed by atoms with Gasteiger partial charge in [-0.2, -0.15) is 5.10 Å². The molecule has 1 fully saturated rings. The summed E-state index contributed by atoms with van der Waals surface area (Å²) in [4.78, 5) is 39.4. The number of rotatable bonds is 4. The summed E-state index contributed by atoms with van der Waals surface area (Å²) in [6.07, 6.45) is 1.23. The summed E-state index contributed by atoms with van der Waals surface area (Å²) in [6, 6.07) is 5.14. The van der Waals surface area contributed by atoms with Gasteiger partial charge in [0.15, 0.2) is 12.4 Å². The van der Waals surface area contributed by atoms with Crippen LogP contribution in [0.5, 0.6) is 5.75 Å². The summed E-state index contributed by atoms with van der Waals surface area (Å²) < 4.78 is 7.20. The van der Waals surface area contributed by atoms with Crippen LogP contribution < -0.4 is 10.1 Å². The Kier molecular flexibility index (Phi) is 5.32. The number of aryl methyl sites for hydroxylation is 2. The van der Waals surface area contributed by atoms with E-state index in [1.165, 1.54) is 0 Å². The van der Waals surface area contributed by atoms with Crippen LogP contribution in [0.2, 0.25) is 0 Å². The number of likely N-dealkylation sites (tertiary alicyclic amines) is 1. The number of fused-ring (bicyclic) bond motifs is 1. The highest BCUT2D eigenvalue weighted by molar-refractivity contribution is 6.02. The van der Waals surface area contributed by atoms with Crippen LogP contribution in [0.15, 0.2) is 18.2 Å². The highest BCUT2D eigenvalue weighted by atomic mass is 16.5. The van der Waals surface area contributed by atoms with E-state index in [1.807, 2.05) is 30.4 Å². The van der Waals surface area contributed by atoms with Crippen LogP contribution in [0.25, 0.3) is 0 Å². The molecule has 1 aromatic carbocycles. The minimum absolute atomic E-state index is 0.00996. The van der Waals surface area contributed by atoms with Crippen molar-refractivity contribution in [1.29, 1.82) is 0 Å². The molecule has 1 saturated heterocycles. The molecule has 0 aliphatic carbocycles. The van der Waals surface area contributed by atoms with Crippen molar-refractivity contribution >= 4 is 23.3 Å². The van der Waals surface area contributed by atoms with Crippen LogP contribution in [-0.4, -0.2) is 52.0 Å². The SMILES string of the molecule is CCn1nc(C)c(C(=O)N2CCC(C(=O)c3ccc4c(c3)NC(=O)CO4)CC2)c1C. The van der Waals surface area contributed by atoms with E-state index in [4.69, 9.17) is 4.74 Å². The normalized spacial score (nSPS) is 16.6. The van der Waals surface area contributed by atoms with E-state index in [0.29, 0.717) is 48.5 Å². The van der Waals surface area contributed by atoms with Crippen LogP contribution in [0, 0.1) is 19.8 Å². The molecular formula is C22H26N4O4. The fourth-order valence-electron chi connectivity index (χ4n) is 4.29. The molecule has 3 heterocycles. The molecule has 0 atom stereocenters. The molecular weight excluding hydrogens is 384 g/mol. The first-order valence-corrected chi connectivity index (χ1v) is 10.3. The zero-order valence-corrected chi connectivity index (χ0v) is 17.5. The maximum absolute atomic E-state index is 13.0. The quantitative estimate of drug-likeness (QED) is 0.782. The summed E-state index contributed by atoms with van der Waals surface area (Å²) in [5, 5.41) is 7.18. The Balaban J connectivity index is 1.43. The Hall–Kier alpha value is -3.16. The lowest BCUT2D eigenvalue weighted by Gasteiger charge is -2.31. The largest absolute Gasteiger partial charge is 0.482 e. The third-order valence-corrected chi connectivity index (χ3v) is 5.94. The number of Topliss-reactive ketones (excluding diaryl/α,β-unsaturated/α-hetero) is 1. The Morgan fingerprint density at radius 3 is 2.63 bits per heavy atom. The molecule has 0 bridgehead atoms. The maximum atomic E-state index is 13.0. The van der Waals surface area contributed by atoms with Crippen molar-refractivity contribution in [3.05, 3.63) is 40.7 Å². The molecule has 2 amide bonds. The van der Waals surface area contributed by atoms with Crippen molar-refractivity contribution in [1.82, 2.24) is 14.7 Å². The predicted octanol–water partition coefficient (Wildman–Crippen LogP) is 2.59. The fourth-order valence-corrected chi connectivity index (χ4v) is 4.29. The van der Waals surface area contributed by atoms with E-state index >= 15 is 0 Å². The molecule has 1 aromatic heterocycles. The number of anilines is 1. The minimum atomic E-state index is -0.226. The van der Waals surface area contributed by atoms with Gasteiger partial charge in [-0.1, -0.05) is 0 Å². The third-order valence-electron chi connectivity index (χ3n) is 5.94. The molecule has 0 unspecified atom stereocenters. The molecule has 8 nitrogen and oxygen atoms in total. The van der Waals surface area contributed by atoms with E-state index in [-0.39, 0.29) is 30.1 Å². The Labute approximate surface area is 175 Å². The van der Waals surface area contributed by atoms with E-state index in [9.17, 15) is 14.4 Å². The summed E-state index contributed by atoms with van der Waals surface area (Å²) in [6.45, 7) is 7.58. The van der Waals surface area contributed by atoms with Gasteiger partial charge in [-0.15, -0.1) is 0 Å². The number of piperidine rings is 1. The first-order chi connectivity index (χ1) is 14.4. The van der Waals surface area contributed by atoms with Crippen LogP contribution >= 0.6 is 0 Å². The molecule has 30 heavy (non-hydrogen) atoms. The fraction of sp³-hybridized carbons (Fsp3) is 0.455. The van der Waals surface area contributed by atoms with Gasteiger partial charge in [-0.3, -0.25) is 19.1 Å². The number of hydrogen-bond donors (Lipinski definition) is 1. The molecule has 158 valence electrons. The van der Waals surface area contributed by atoms with Crippen molar-refractivity contribution in [2.45, 2.75) is 40.2 Å². The lowest BCUT2D eigenvalue weighted by molar-refractivity contribution is -0.118. The molecule has 2 aliphatic rings. The summed E-state index contributed by atoms with van der Waals surface area (Å²) >= 11 is 0. The van der Waals surface area contributed by atoms with Crippen LogP contribution in [0.4, 0.5) is 5.69 Å². The third kappa shape index (κ3) is 3.58. The standard InChI is InChI=1S/C22H26N4O4/c1-4-26-14(3)20(13(2)24-26)22(29)25-9-7-15(8-10-25)21(28)16-5-6-18-17(11-16)23-19(27)12-30-18/h5-6,11,15H,4,7-10,12H2,1-3H3,(H,23,27). The van der Waals surface area contributed by atoms with Gasteiger partial charge in [-0.05, 0) is 51.8 Å². The van der Waals surface area contributed by atoms with Gasteiger partial charge in [0.2, 0.25) is 0 Å². The van der Waals surface area contributed by atoms with Gasteiger partial charge in [0.25, 0.3) is 11.8 Å². The van der Waals surface area contributed by atoms with Gasteiger partial charge < -0.3 is 15.0 Å². The number of carbonyl (C=O) groups excluding carboxylic acids is 3. The number of benzene rings is 1. The van der Waals surface area contributed by atoms with Crippen LogP contribution in [-0.2, 0) is 11.3 Å². The van der Waals surface area contributed by atoms with Gasteiger partial charge in [0, 0.05) is 36.8 Å². The number of ketones is 1. The number of aromatic nitrogens is 2. The van der Waals surface area contributed by atoms with Crippen molar-refractivity contribution in [2.75, 3.05) is 25.0 Å². The zero-order chi connectivity index (χ0) is 21.4. The Bertz CT molecular complexity index is 1020. The Morgan fingerprint density at radius 1 is 1.23 bits per heavy atom.